The van der Waals surface area contributed by atoms with Gasteiger partial charge in [-0.05, 0) is 36.8 Å². The molecule has 4 aromatic rings. The number of aromatic nitrogens is 1. The van der Waals surface area contributed by atoms with Gasteiger partial charge in [0.25, 0.3) is 11.8 Å². The zero-order valence-electron chi connectivity index (χ0n) is 19.5. The van der Waals surface area contributed by atoms with E-state index in [1.165, 1.54) is 11.3 Å². The minimum absolute atomic E-state index is 0.184. The molecule has 1 aliphatic rings. The number of hydrogen-bond acceptors (Lipinski definition) is 6. The highest BCUT2D eigenvalue weighted by Crippen LogP contribution is 2.33. The number of amides is 3. The van der Waals surface area contributed by atoms with Gasteiger partial charge in [-0.3, -0.25) is 19.3 Å². The van der Waals surface area contributed by atoms with Crippen LogP contribution in [-0.2, 0) is 11.2 Å². The van der Waals surface area contributed by atoms with Gasteiger partial charge in [-0.25, -0.2) is 4.98 Å². The number of benzene rings is 3. The van der Waals surface area contributed by atoms with Crippen molar-refractivity contribution in [2.75, 3.05) is 11.9 Å². The monoisotopic (exact) mass is 497 g/mol. The standard InChI is InChI=1S/C28H23N3O4S/c1-2-35-24-15-9-8-14-21(24)22-17-36-28(29-22)30-25(32)23(16-18-10-4-3-5-11-18)31-26(33)19-12-6-7-13-20(19)27(31)34/h3-15,17,23H,2,16H2,1H3,(H,29,30,32). The third-order valence-electron chi connectivity index (χ3n) is 5.91. The summed E-state index contributed by atoms with van der Waals surface area (Å²) < 4.78 is 5.70. The number of hydrogen-bond donors (Lipinski definition) is 1. The van der Waals surface area contributed by atoms with Crippen LogP contribution >= 0.6 is 11.3 Å². The highest BCUT2D eigenvalue weighted by Gasteiger charge is 2.42. The predicted octanol–water partition coefficient (Wildman–Crippen LogP) is 5.05. The van der Waals surface area contributed by atoms with Crippen molar-refractivity contribution in [3.05, 3.63) is 101 Å². The molecule has 0 radical (unpaired) electrons. The second-order valence-corrected chi connectivity index (χ2v) is 9.05. The van der Waals surface area contributed by atoms with Crippen LogP contribution in [0.5, 0.6) is 5.75 Å². The molecule has 8 heteroatoms. The maximum Gasteiger partial charge on any atom is 0.262 e. The van der Waals surface area contributed by atoms with E-state index < -0.39 is 23.8 Å². The molecular weight excluding hydrogens is 474 g/mol. The lowest BCUT2D eigenvalue weighted by Gasteiger charge is -2.25. The zero-order valence-corrected chi connectivity index (χ0v) is 20.3. The summed E-state index contributed by atoms with van der Waals surface area (Å²) in [4.78, 5) is 45.5. The van der Waals surface area contributed by atoms with Gasteiger partial charge in [0.1, 0.15) is 11.8 Å². The van der Waals surface area contributed by atoms with Gasteiger partial charge in [0.15, 0.2) is 5.13 Å². The lowest BCUT2D eigenvalue weighted by Crippen LogP contribution is -2.48. The Balaban J connectivity index is 1.43. The Bertz CT molecular complexity index is 1400. The molecule has 0 saturated heterocycles. The fourth-order valence-corrected chi connectivity index (χ4v) is 4.95. The summed E-state index contributed by atoms with van der Waals surface area (Å²) in [6.45, 7) is 2.43. The molecule has 0 spiro atoms. The normalized spacial score (nSPS) is 13.4. The van der Waals surface area contributed by atoms with E-state index in [1.807, 2.05) is 66.9 Å². The molecule has 36 heavy (non-hydrogen) atoms. The topological polar surface area (TPSA) is 88.6 Å². The molecule has 0 saturated carbocycles. The van der Waals surface area contributed by atoms with Crippen molar-refractivity contribution in [2.24, 2.45) is 0 Å². The van der Waals surface area contributed by atoms with E-state index >= 15 is 0 Å². The summed E-state index contributed by atoms with van der Waals surface area (Å²) in [6.07, 6.45) is 0.184. The van der Waals surface area contributed by atoms with Crippen LogP contribution in [0, 0.1) is 0 Å². The molecule has 180 valence electrons. The van der Waals surface area contributed by atoms with Crippen LogP contribution in [0.25, 0.3) is 11.3 Å². The van der Waals surface area contributed by atoms with Crippen molar-refractivity contribution in [3.63, 3.8) is 0 Å². The number of para-hydroxylation sites is 1. The van der Waals surface area contributed by atoms with E-state index in [1.54, 1.807) is 24.3 Å². The van der Waals surface area contributed by atoms with Crippen LogP contribution < -0.4 is 10.1 Å². The van der Waals surface area contributed by atoms with Gasteiger partial charge in [-0.1, -0.05) is 54.6 Å². The summed E-state index contributed by atoms with van der Waals surface area (Å²) in [5.41, 5.74) is 2.92. The molecule has 5 rings (SSSR count). The summed E-state index contributed by atoms with van der Waals surface area (Å²) in [7, 11) is 0. The number of nitrogens with one attached hydrogen (secondary N) is 1. The van der Waals surface area contributed by atoms with E-state index in [9.17, 15) is 14.4 Å². The molecule has 1 aliphatic heterocycles. The Labute approximate surface area is 212 Å². The first kappa shape index (κ1) is 23.4. The third kappa shape index (κ3) is 4.50. The van der Waals surface area contributed by atoms with Crippen molar-refractivity contribution >= 4 is 34.2 Å². The number of nitrogens with zero attached hydrogens (tertiary/aromatic N) is 2. The smallest absolute Gasteiger partial charge is 0.262 e. The number of rotatable bonds is 8. The highest BCUT2D eigenvalue weighted by atomic mass is 32.1. The van der Waals surface area contributed by atoms with Gasteiger partial charge in [0, 0.05) is 17.4 Å². The maximum absolute atomic E-state index is 13.5. The fraction of sp³-hybridized carbons (Fsp3) is 0.143. The molecule has 1 atom stereocenters. The lowest BCUT2D eigenvalue weighted by molar-refractivity contribution is -0.119. The first-order valence-electron chi connectivity index (χ1n) is 11.6. The molecule has 0 aliphatic carbocycles. The van der Waals surface area contributed by atoms with Crippen molar-refractivity contribution in [1.82, 2.24) is 9.88 Å². The first-order valence-corrected chi connectivity index (χ1v) is 12.4. The molecule has 1 unspecified atom stereocenters. The third-order valence-corrected chi connectivity index (χ3v) is 6.67. The summed E-state index contributed by atoms with van der Waals surface area (Å²) in [5, 5.41) is 5.04. The average molecular weight is 498 g/mol. The van der Waals surface area contributed by atoms with Crippen LogP contribution in [0.2, 0.25) is 0 Å². The molecule has 7 nitrogen and oxygen atoms in total. The number of ether oxygens (including phenoxy) is 1. The Morgan fingerprint density at radius 1 is 0.917 bits per heavy atom. The van der Waals surface area contributed by atoms with E-state index in [2.05, 4.69) is 10.3 Å². The number of imide groups is 1. The predicted molar refractivity (Wildman–Crippen MR) is 138 cm³/mol. The van der Waals surface area contributed by atoms with Crippen LogP contribution in [0.1, 0.15) is 33.2 Å². The number of thiazole rings is 1. The molecule has 3 amide bonds. The molecule has 1 N–H and O–H groups in total. The zero-order chi connectivity index (χ0) is 25.1. The van der Waals surface area contributed by atoms with Crippen molar-refractivity contribution < 1.29 is 19.1 Å². The van der Waals surface area contributed by atoms with Crippen LogP contribution in [0.4, 0.5) is 5.13 Å². The Morgan fingerprint density at radius 2 is 1.53 bits per heavy atom. The second kappa shape index (κ2) is 10.1. The SMILES string of the molecule is CCOc1ccccc1-c1csc(NC(=O)C(Cc2ccccc2)N2C(=O)c3ccccc3C2=O)n1. The summed E-state index contributed by atoms with van der Waals surface area (Å²) >= 11 is 1.27. The lowest BCUT2D eigenvalue weighted by atomic mass is 10.0. The minimum atomic E-state index is -1.04. The van der Waals surface area contributed by atoms with Gasteiger partial charge in [-0.2, -0.15) is 0 Å². The molecular formula is C28H23N3O4S. The molecule has 1 aromatic heterocycles. The maximum atomic E-state index is 13.5. The van der Waals surface area contributed by atoms with Gasteiger partial charge in [0.2, 0.25) is 5.91 Å². The first-order chi connectivity index (χ1) is 17.6. The molecule has 0 fully saturated rings. The minimum Gasteiger partial charge on any atom is -0.493 e. The Hall–Kier alpha value is -4.30. The van der Waals surface area contributed by atoms with E-state index in [0.29, 0.717) is 34.3 Å². The largest absolute Gasteiger partial charge is 0.493 e. The van der Waals surface area contributed by atoms with Gasteiger partial charge in [-0.15, -0.1) is 11.3 Å². The average Bonchev–Trinajstić information content (AvgIpc) is 3.46. The van der Waals surface area contributed by atoms with Gasteiger partial charge < -0.3 is 10.1 Å². The number of carbonyl (C=O) groups is 3. The van der Waals surface area contributed by atoms with Crippen LogP contribution in [0.3, 0.4) is 0 Å². The Morgan fingerprint density at radius 3 is 2.19 bits per heavy atom. The van der Waals surface area contributed by atoms with Crippen molar-refractivity contribution in [1.29, 1.82) is 0 Å². The van der Waals surface area contributed by atoms with Crippen LogP contribution in [0.15, 0.2) is 84.2 Å². The molecule has 2 heterocycles. The second-order valence-electron chi connectivity index (χ2n) is 8.19. The molecule has 0 bridgehead atoms. The van der Waals surface area contributed by atoms with Crippen molar-refractivity contribution in [3.8, 4) is 17.0 Å². The number of fused-ring (bicyclic) bond motifs is 1. The molecule has 3 aromatic carbocycles. The van der Waals surface area contributed by atoms with E-state index in [-0.39, 0.29) is 6.42 Å². The van der Waals surface area contributed by atoms with E-state index in [4.69, 9.17) is 4.74 Å². The fourth-order valence-electron chi connectivity index (χ4n) is 4.23. The highest BCUT2D eigenvalue weighted by molar-refractivity contribution is 7.14. The number of carbonyl (C=O) groups excluding carboxylic acids is 3. The van der Waals surface area contributed by atoms with Gasteiger partial charge in [0.05, 0.1) is 23.4 Å². The Kier molecular flexibility index (Phi) is 6.60. The van der Waals surface area contributed by atoms with E-state index in [0.717, 1.165) is 16.0 Å². The summed E-state index contributed by atoms with van der Waals surface area (Å²) in [6, 6.07) is 22.5. The van der Waals surface area contributed by atoms with Crippen LogP contribution in [-0.4, -0.2) is 40.3 Å². The quantitative estimate of drug-likeness (QED) is 0.344. The summed E-state index contributed by atoms with van der Waals surface area (Å²) in [5.74, 6) is -0.724. The van der Waals surface area contributed by atoms with Crippen molar-refractivity contribution in [2.45, 2.75) is 19.4 Å². The van der Waals surface area contributed by atoms with Gasteiger partial charge >= 0.3 is 0 Å². The number of anilines is 1.